The molecular formula is C21H24FN5O3. The van der Waals surface area contributed by atoms with Gasteiger partial charge in [-0.1, -0.05) is 0 Å². The Morgan fingerprint density at radius 3 is 2.80 bits per heavy atom. The highest BCUT2D eigenvalue weighted by Gasteiger charge is 2.53. The Balaban J connectivity index is 1.57. The molecule has 0 aliphatic carbocycles. The first-order valence-electron chi connectivity index (χ1n) is 9.88. The fourth-order valence-corrected chi connectivity index (χ4v) is 4.67. The first-order valence-corrected chi connectivity index (χ1v) is 9.88. The lowest BCUT2D eigenvalue weighted by Gasteiger charge is -2.29. The molecule has 3 heterocycles. The van der Waals surface area contributed by atoms with E-state index in [4.69, 9.17) is 5.73 Å². The minimum Gasteiger partial charge on any atom is -0.481 e. The maximum atomic E-state index is 13.6. The Bertz CT molecular complexity index is 1000. The third kappa shape index (κ3) is 3.67. The van der Waals surface area contributed by atoms with Crippen molar-refractivity contribution in [1.29, 1.82) is 0 Å². The van der Waals surface area contributed by atoms with Crippen LogP contribution in [0.25, 0.3) is 0 Å². The van der Waals surface area contributed by atoms with E-state index in [0.29, 0.717) is 55.5 Å². The third-order valence-corrected chi connectivity index (χ3v) is 6.24. The van der Waals surface area contributed by atoms with Gasteiger partial charge >= 0.3 is 5.97 Å². The van der Waals surface area contributed by atoms with Gasteiger partial charge in [0.1, 0.15) is 11.6 Å². The van der Waals surface area contributed by atoms with E-state index in [1.54, 1.807) is 30.2 Å². The van der Waals surface area contributed by atoms with Gasteiger partial charge in [-0.3, -0.25) is 9.59 Å². The van der Waals surface area contributed by atoms with Crippen LogP contribution in [0.2, 0.25) is 0 Å². The number of aliphatic carboxylic acids is 1. The monoisotopic (exact) mass is 413 g/mol. The minimum absolute atomic E-state index is 0.0276. The number of anilines is 2. The molecule has 1 aromatic carbocycles. The predicted molar refractivity (Wildman–Crippen MR) is 108 cm³/mol. The summed E-state index contributed by atoms with van der Waals surface area (Å²) in [6.07, 6.45) is 2.08. The van der Waals surface area contributed by atoms with Crippen LogP contribution in [0.5, 0.6) is 0 Å². The van der Waals surface area contributed by atoms with Crippen molar-refractivity contribution in [3.05, 3.63) is 47.4 Å². The Kier molecular flexibility index (Phi) is 5.05. The number of hydrogen-bond acceptors (Lipinski definition) is 6. The molecule has 0 radical (unpaired) electrons. The molecule has 2 saturated heterocycles. The number of rotatable bonds is 5. The smallest absolute Gasteiger partial charge is 0.303 e. The topological polar surface area (TPSA) is 113 Å². The number of carbonyl (C=O) groups excluding carboxylic acids is 1. The van der Waals surface area contributed by atoms with Gasteiger partial charge in [-0.25, -0.2) is 9.37 Å². The van der Waals surface area contributed by atoms with Gasteiger partial charge in [0.15, 0.2) is 0 Å². The predicted octanol–water partition coefficient (Wildman–Crippen LogP) is 1.95. The van der Waals surface area contributed by atoms with Crippen molar-refractivity contribution in [2.75, 3.05) is 36.8 Å². The van der Waals surface area contributed by atoms with Gasteiger partial charge in [0.25, 0.3) is 5.91 Å². The number of aromatic nitrogens is 2. The number of halogens is 1. The SMILES string of the molecule is Cc1cc(C(=O)N2C[C@@H]3CN(c4nccc(N)n4)C[C@]3(CCC(=O)O)C2)ccc1F. The summed E-state index contributed by atoms with van der Waals surface area (Å²) in [4.78, 5) is 36.7. The molecule has 30 heavy (non-hydrogen) atoms. The number of carboxylic acids is 1. The third-order valence-electron chi connectivity index (χ3n) is 6.24. The lowest BCUT2D eigenvalue weighted by molar-refractivity contribution is -0.137. The molecule has 2 aromatic rings. The molecule has 0 bridgehead atoms. The molecule has 2 aliphatic heterocycles. The average Bonchev–Trinajstić information content (AvgIpc) is 3.22. The van der Waals surface area contributed by atoms with Gasteiger partial charge in [0.2, 0.25) is 5.95 Å². The van der Waals surface area contributed by atoms with Gasteiger partial charge in [-0.15, -0.1) is 0 Å². The van der Waals surface area contributed by atoms with E-state index < -0.39 is 5.97 Å². The summed E-state index contributed by atoms with van der Waals surface area (Å²) >= 11 is 0. The van der Waals surface area contributed by atoms with Gasteiger partial charge < -0.3 is 20.6 Å². The summed E-state index contributed by atoms with van der Waals surface area (Å²) < 4.78 is 13.6. The lowest BCUT2D eigenvalue weighted by Crippen LogP contribution is -2.37. The highest BCUT2D eigenvalue weighted by Crippen LogP contribution is 2.47. The number of aryl methyl sites for hydroxylation is 1. The number of fused-ring (bicyclic) bond motifs is 1. The molecule has 0 unspecified atom stereocenters. The summed E-state index contributed by atoms with van der Waals surface area (Å²) in [7, 11) is 0. The van der Waals surface area contributed by atoms with E-state index in [2.05, 4.69) is 9.97 Å². The van der Waals surface area contributed by atoms with Crippen molar-refractivity contribution < 1.29 is 19.1 Å². The van der Waals surface area contributed by atoms with E-state index >= 15 is 0 Å². The number of benzene rings is 1. The Hall–Kier alpha value is -3.23. The van der Waals surface area contributed by atoms with Crippen molar-refractivity contribution in [3.63, 3.8) is 0 Å². The van der Waals surface area contributed by atoms with Crippen LogP contribution in [0.15, 0.2) is 30.5 Å². The molecule has 1 aromatic heterocycles. The van der Waals surface area contributed by atoms with Crippen molar-refractivity contribution in [2.24, 2.45) is 11.3 Å². The molecule has 158 valence electrons. The van der Waals surface area contributed by atoms with Gasteiger partial charge in [-0.05, 0) is 43.2 Å². The molecule has 4 rings (SSSR count). The first-order chi connectivity index (χ1) is 14.3. The number of nitrogens with zero attached hydrogens (tertiary/aromatic N) is 4. The van der Waals surface area contributed by atoms with E-state index in [-0.39, 0.29) is 29.5 Å². The number of amides is 1. The zero-order valence-electron chi connectivity index (χ0n) is 16.7. The van der Waals surface area contributed by atoms with Crippen molar-refractivity contribution >= 4 is 23.6 Å². The van der Waals surface area contributed by atoms with Crippen molar-refractivity contribution in [2.45, 2.75) is 19.8 Å². The normalized spacial score (nSPS) is 22.9. The van der Waals surface area contributed by atoms with Gasteiger partial charge in [0, 0.05) is 55.7 Å². The lowest BCUT2D eigenvalue weighted by atomic mass is 9.77. The molecule has 0 spiro atoms. The molecule has 1 amide bonds. The van der Waals surface area contributed by atoms with Crippen LogP contribution in [0.3, 0.4) is 0 Å². The summed E-state index contributed by atoms with van der Waals surface area (Å²) in [5, 5.41) is 9.25. The summed E-state index contributed by atoms with van der Waals surface area (Å²) in [6.45, 7) is 3.76. The Morgan fingerprint density at radius 2 is 2.10 bits per heavy atom. The maximum Gasteiger partial charge on any atom is 0.303 e. The molecule has 2 fully saturated rings. The van der Waals surface area contributed by atoms with Crippen LogP contribution in [0.4, 0.5) is 16.2 Å². The van der Waals surface area contributed by atoms with Crippen LogP contribution >= 0.6 is 0 Å². The second kappa shape index (κ2) is 7.55. The maximum absolute atomic E-state index is 13.6. The summed E-state index contributed by atoms with van der Waals surface area (Å²) in [5.74, 6) is -0.381. The van der Waals surface area contributed by atoms with Crippen molar-refractivity contribution in [3.8, 4) is 0 Å². The van der Waals surface area contributed by atoms with Crippen LogP contribution < -0.4 is 10.6 Å². The Labute approximate surface area is 173 Å². The zero-order valence-corrected chi connectivity index (χ0v) is 16.7. The molecule has 9 heteroatoms. The van der Waals surface area contributed by atoms with Gasteiger partial charge in [0.05, 0.1) is 0 Å². The van der Waals surface area contributed by atoms with E-state index in [1.807, 2.05) is 4.90 Å². The Morgan fingerprint density at radius 1 is 1.30 bits per heavy atom. The van der Waals surface area contributed by atoms with E-state index in [9.17, 15) is 19.1 Å². The molecule has 2 atom stereocenters. The standard InChI is InChI=1S/C21H24FN5O3/c1-13-8-14(2-3-16(13)22)19(30)26-9-15-10-27(20-24-7-5-17(23)25-20)12-21(15,11-26)6-4-18(28)29/h2-3,5,7-8,15H,4,6,9-12H2,1H3,(H,28,29)(H2,23,24,25)/t15-,21+/m1/s1. The highest BCUT2D eigenvalue weighted by molar-refractivity contribution is 5.94. The number of carboxylic acid groups (broad SMARTS) is 1. The highest BCUT2D eigenvalue weighted by atomic mass is 19.1. The molecular weight excluding hydrogens is 389 g/mol. The van der Waals surface area contributed by atoms with Crippen LogP contribution in [-0.2, 0) is 4.79 Å². The van der Waals surface area contributed by atoms with Crippen molar-refractivity contribution in [1.82, 2.24) is 14.9 Å². The van der Waals surface area contributed by atoms with Crippen LogP contribution in [0.1, 0.15) is 28.8 Å². The number of hydrogen-bond donors (Lipinski definition) is 2. The number of likely N-dealkylation sites (tertiary alicyclic amines) is 1. The average molecular weight is 413 g/mol. The van der Waals surface area contributed by atoms with Crippen LogP contribution in [0, 0.1) is 24.1 Å². The zero-order chi connectivity index (χ0) is 21.5. The fraction of sp³-hybridized carbons (Fsp3) is 0.429. The molecule has 0 saturated carbocycles. The fourth-order valence-electron chi connectivity index (χ4n) is 4.67. The minimum atomic E-state index is -0.860. The van der Waals surface area contributed by atoms with E-state index in [0.717, 1.165) is 0 Å². The summed E-state index contributed by atoms with van der Waals surface area (Å²) in [5.41, 5.74) is 6.29. The van der Waals surface area contributed by atoms with Gasteiger partial charge in [-0.2, -0.15) is 4.98 Å². The number of carbonyl (C=O) groups is 2. The largest absolute Gasteiger partial charge is 0.481 e. The van der Waals surface area contributed by atoms with E-state index in [1.165, 1.54) is 12.1 Å². The molecule has 2 aliphatic rings. The number of nitrogens with two attached hydrogens (primary N) is 1. The molecule has 3 N–H and O–H groups in total. The second-order valence-electron chi connectivity index (χ2n) is 8.26. The van der Waals surface area contributed by atoms with Crippen LogP contribution in [-0.4, -0.2) is 58.0 Å². The quantitative estimate of drug-likeness (QED) is 0.770. The number of nitrogen functional groups attached to an aromatic ring is 1. The second-order valence-corrected chi connectivity index (χ2v) is 8.26. The summed E-state index contributed by atoms with van der Waals surface area (Å²) in [6, 6.07) is 5.97. The first kappa shape index (κ1) is 20.1. The molecule has 8 nitrogen and oxygen atoms in total.